The first kappa shape index (κ1) is 41.1. The van der Waals surface area contributed by atoms with Gasteiger partial charge in [-0.2, -0.15) is 0 Å². The van der Waals surface area contributed by atoms with E-state index < -0.39 is 0 Å². The van der Waals surface area contributed by atoms with Crippen molar-refractivity contribution in [2.24, 2.45) is 17.4 Å². The van der Waals surface area contributed by atoms with Gasteiger partial charge in [0.2, 0.25) is 5.91 Å². The van der Waals surface area contributed by atoms with Crippen molar-refractivity contribution in [1.29, 1.82) is 0 Å². The quantitative estimate of drug-likeness (QED) is 0.0617. The van der Waals surface area contributed by atoms with Gasteiger partial charge in [-0.3, -0.25) is 9.59 Å². The summed E-state index contributed by atoms with van der Waals surface area (Å²) in [5.41, 5.74) is 15.7. The fourth-order valence-electron chi connectivity index (χ4n) is 7.44. The number of furan rings is 1. The van der Waals surface area contributed by atoms with Crippen LogP contribution in [0.4, 0.5) is 0 Å². The Morgan fingerprint density at radius 3 is 2.09 bits per heavy atom. The molecule has 54 heavy (non-hydrogen) atoms. The van der Waals surface area contributed by atoms with Gasteiger partial charge >= 0.3 is 0 Å². The molecule has 2 amide bonds. The van der Waals surface area contributed by atoms with Gasteiger partial charge in [-0.1, -0.05) is 99.1 Å². The molecule has 2 heterocycles. The zero-order valence-electron chi connectivity index (χ0n) is 32.4. The van der Waals surface area contributed by atoms with Crippen LogP contribution in [0.1, 0.15) is 74.1 Å². The zero-order valence-corrected chi connectivity index (χ0v) is 32.4. The Morgan fingerprint density at radius 1 is 0.796 bits per heavy atom. The van der Waals surface area contributed by atoms with E-state index in [-0.39, 0.29) is 42.0 Å². The fourth-order valence-corrected chi connectivity index (χ4v) is 7.44. The maximum absolute atomic E-state index is 14.0. The second kappa shape index (κ2) is 21.7. The minimum atomic E-state index is -0.288. The van der Waals surface area contributed by atoms with Gasteiger partial charge in [-0.05, 0) is 80.7 Å². The molecule has 0 bridgehead atoms. The van der Waals surface area contributed by atoms with Gasteiger partial charge in [-0.15, -0.1) is 0 Å². The number of nitrogens with zero attached hydrogens (tertiary/aromatic N) is 1. The van der Waals surface area contributed by atoms with Crippen molar-refractivity contribution < 1.29 is 14.0 Å². The molecule has 4 atom stereocenters. The minimum Gasteiger partial charge on any atom is -0.451 e. The summed E-state index contributed by atoms with van der Waals surface area (Å²) in [5.74, 6) is 0.729. The number of amides is 2. The highest BCUT2D eigenvalue weighted by Gasteiger charge is 2.30. The Kier molecular flexibility index (Phi) is 16.5. The second-order valence-corrected chi connectivity index (χ2v) is 15.4. The SMILES string of the molecule is CC(C)C[C@H](CN[C@H](CCCCN)C(=O)N1CCC(NC(=O)c2cc3ccccc3o2)CC1)NC[C@@H](Cc1ccccc1)NC[C@H](N)Cc1ccccc1. The number of carbonyl (C=O) groups excluding carboxylic acids is 2. The van der Waals surface area contributed by atoms with Gasteiger partial charge in [-0.25, -0.2) is 0 Å². The first-order valence-electron chi connectivity index (χ1n) is 20.1. The highest BCUT2D eigenvalue weighted by Crippen LogP contribution is 2.20. The Bertz CT molecular complexity index is 1640. The van der Waals surface area contributed by atoms with Crippen LogP contribution in [-0.4, -0.2) is 86.2 Å². The van der Waals surface area contributed by atoms with Gasteiger partial charge in [0.25, 0.3) is 5.91 Å². The lowest BCUT2D eigenvalue weighted by atomic mass is 10.00. The van der Waals surface area contributed by atoms with E-state index in [9.17, 15) is 9.59 Å². The number of nitrogens with one attached hydrogen (secondary N) is 4. The number of piperidine rings is 1. The molecule has 0 saturated carbocycles. The number of fused-ring (bicyclic) bond motifs is 1. The van der Waals surface area contributed by atoms with Crippen LogP contribution in [0.15, 0.2) is 95.4 Å². The molecule has 0 unspecified atom stereocenters. The van der Waals surface area contributed by atoms with E-state index >= 15 is 0 Å². The van der Waals surface area contributed by atoms with Crippen LogP contribution in [0.3, 0.4) is 0 Å². The molecule has 10 heteroatoms. The first-order chi connectivity index (χ1) is 26.3. The molecule has 1 aromatic heterocycles. The molecule has 8 N–H and O–H groups in total. The van der Waals surface area contributed by atoms with Crippen molar-refractivity contribution in [2.75, 3.05) is 39.3 Å². The van der Waals surface area contributed by atoms with Crippen molar-refractivity contribution in [1.82, 2.24) is 26.2 Å². The average Bonchev–Trinajstić information content (AvgIpc) is 3.63. The van der Waals surface area contributed by atoms with E-state index in [0.717, 1.165) is 57.0 Å². The number of hydrogen-bond acceptors (Lipinski definition) is 8. The van der Waals surface area contributed by atoms with Crippen molar-refractivity contribution in [3.8, 4) is 0 Å². The van der Waals surface area contributed by atoms with Crippen molar-refractivity contribution in [2.45, 2.75) is 95.4 Å². The maximum atomic E-state index is 14.0. The fraction of sp³-hybridized carbons (Fsp3) is 0.500. The predicted octanol–water partition coefficient (Wildman–Crippen LogP) is 5.02. The van der Waals surface area contributed by atoms with Crippen LogP contribution in [0.5, 0.6) is 0 Å². The van der Waals surface area contributed by atoms with Crippen molar-refractivity contribution >= 4 is 22.8 Å². The molecule has 0 aliphatic carbocycles. The summed E-state index contributed by atoms with van der Waals surface area (Å²) in [5, 5.41) is 15.4. The Morgan fingerprint density at radius 2 is 1.43 bits per heavy atom. The number of para-hydroxylation sites is 1. The molecule has 1 fully saturated rings. The molecule has 292 valence electrons. The molecule has 1 aliphatic heterocycles. The van der Waals surface area contributed by atoms with Crippen molar-refractivity contribution in [3.63, 3.8) is 0 Å². The van der Waals surface area contributed by atoms with Gasteiger partial charge in [0, 0.05) is 62.3 Å². The minimum absolute atomic E-state index is 0.0108. The molecule has 5 rings (SSSR count). The summed E-state index contributed by atoms with van der Waals surface area (Å²) < 4.78 is 5.77. The Hall–Kier alpha value is -4.06. The lowest BCUT2D eigenvalue weighted by molar-refractivity contribution is -0.134. The van der Waals surface area contributed by atoms with E-state index in [0.29, 0.717) is 56.3 Å². The van der Waals surface area contributed by atoms with Crippen LogP contribution < -0.4 is 32.7 Å². The summed E-state index contributed by atoms with van der Waals surface area (Å²) in [6, 6.07) is 30.5. The normalized spacial score (nSPS) is 16.0. The monoisotopic (exact) mass is 737 g/mol. The lowest BCUT2D eigenvalue weighted by Gasteiger charge is -2.35. The number of nitrogens with two attached hydrogens (primary N) is 2. The molecular weight excluding hydrogens is 675 g/mol. The number of benzene rings is 3. The highest BCUT2D eigenvalue weighted by atomic mass is 16.3. The number of hydrogen-bond donors (Lipinski definition) is 6. The molecule has 1 aliphatic rings. The molecule has 10 nitrogen and oxygen atoms in total. The lowest BCUT2D eigenvalue weighted by Crippen LogP contribution is -2.54. The molecule has 3 aromatic carbocycles. The number of unbranched alkanes of at least 4 members (excludes halogenated alkanes) is 1. The van der Waals surface area contributed by atoms with E-state index in [1.54, 1.807) is 6.07 Å². The topological polar surface area (TPSA) is 151 Å². The predicted molar refractivity (Wildman–Crippen MR) is 219 cm³/mol. The average molecular weight is 738 g/mol. The molecule has 0 spiro atoms. The third-order valence-electron chi connectivity index (χ3n) is 10.4. The van der Waals surface area contributed by atoms with E-state index in [1.165, 1.54) is 11.1 Å². The standard InChI is InChI=1S/C44H63N7O3/c1-32(2)25-38(48-30-39(27-34-15-7-4-8-16-34)47-29-36(46)26-33-13-5-3-6-14-33)31-49-40(18-11-12-22-45)44(53)51-23-20-37(21-24-51)50-43(52)42-28-35-17-9-10-19-41(35)54-42/h3-10,13-17,19,28,32,36-40,47-49H,11-12,18,20-27,29-31,45-46H2,1-2H3,(H,50,52)/t36-,38-,39-,40-/m1/s1. The number of carbonyl (C=O) groups is 2. The Balaban J connectivity index is 1.15. The second-order valence-electron chi connectivity index (χ2n) is 15.4. The van der Waals surface area contributed by atoms with Crippen LogP contribution in [0.25, 0.3) is 11.0 Å². The van der Waals surface area contributed by atoms with Gasteiger partial charge < -0.3 is 42.1 Å². The van der Waals surface area contributed by atoms with E-state index in [2.05, 4.69) is 89.7 Å². The van der Waals surface area contributed by atoms with E-state index in [1.807, 2.05) is 35.2 Å². The molecule has 0 radical (unpaired) electrons. The maximum Gasteiger partial charge on any atom is 0.287 e. The van der Waals surface area contributed by atoms with Crippen molar-refractivity contribution in [3.05, 3.63) is 108 Å². The van der Waals surface area contributed by atoms with Crippen LogP contribution >= 0.6 is 0 Å². The van der Waals surface area contributed by atoms with Gasteiger partial charge in [0.1, 0.15) is 5.58 Å². The van der Waals surface area contributed by atoms with E-state index in [4.69, 9.17) is 15.9 Å². The molecular formula is C44H63N7O3. The van der Waals surface area contributed by atoms with Crippen LogP contribution in [0.2, 0.25) is 0 Å². The smallest absolute Gasteiger partial charge is 0.287 e. The summed E-state index contributed by atoms with van der Waals surface area (Å²) in [6.07, 6.45) is 6.62. The first-order valence-corrected chi connectivity index (χ1v) is 20.1. The van der Waals surface area contributed by atoms with Crippen LogP contribution in [-0.2, 0) is 17.6 Å². The van der Waals surface area contributed by atoms with Gasteiger partial charge in [0.05, 0.1) is 6.04 Å². The number of likely N-dealkylation sites (tertiary alicyclic amines) is 1. The zero-order chi connectivity index (χ0) is 38.1. The Labute approximate surface area is 322 Å². The third kappa shape index (κ3) is 13.4. The summed E-state index contributed by atoms with van der Waals surface area (Å²) in [6.45, 7) is 8.50. The van der Waals surface area contributed by atoms with Crippen LogP contribution in [0, 0.1) is 5.92 Å². The summed E-state index contributed by atoms with van der Waals surface area (Å²) >= 11 is 0. The largest absolute Gasteiger partial charge is 0.451 e. The molecule has 4 aromatic rings. The summed E-state index contributed by atoms with van der Waals surface area (Å²) in [7, 11) is 0. The molecule has 1 saturated heterocycles. The summed E-state index contributed by atoms with van der Waals surface area (Å²) in [4.78, 5) is 29.0. The highest BCUT2D eigenvalue weighted by molar-refractivity contribution is 5.96. The number of rotatable bonds is 22. The third-order valence-corrected chi connectivity index (χ3v) is 10.4. The van der Waals surface area contributed by atoms with Gasteiger partial charge in [0.15, 0.2) is 5.76 Å².